The molecule has 2 N–H and O–H groups in total. The van der Waals surface area contributed by atoms with Crippen LogP contribution >= 0.6 is 0 Å². The third kappa shape index (κ3) is 4.98. The number of nitrogens with zero attached hydrogens (tertiary/aromatic N) is 3. The van der Waals surface area contributed by atoms with E-state index in [2.05, 4.69) is 15.0 Å². The Morgan fingerprint density at radius 1 is 1.45 bits per heavy atom. The SMILES string of the molecule is C\C=C(/C=C\N=C(/C)c1c[nH]c2ncccc12)N1CCCC1(C)C(=O)NCC(F)(F)F. The van der Waals surface area contributed by atoms with Crippen molar-refractivity contribution in [1.29, 1.82) is 0 Å². The molecule has 0 bridgehead atoms. The zero-order chi connectivity index (χ0) is 22.6. The van der Waals surface area contributed by atoms with E-state index < -0.39 is 24.2 Å². The van der Waals surface area contributed by atoms with Crippen molar-refractivity contribution < 1.29 is 18.0 Å². The number of pyridine rings is 1. The molecule has 1 atom stereocenters. The summed E-state index contributed by atoms with van der Waals surface area (Å²) in [5.74, 6) is -0.624. The van der Waals surface area contributed by atoms with E-state index in [-0.39, 0.29) is 0 Å². The summed E-state index contributed by atoms with van der Waals surface area (Å²) >= 11 is 0. The van der Waals surface area contributed by atoms with Crippen LogP contribution in [-0.2, 0) is 4.79 Å². The molecule has 1 saturated heterocycles. The van der Waals surface area contributed by atoms with Crippen molar-refractivity contribution in [3.05, 3.63) is 54.1 Å². The van der Waals surface area contributed by atoms with E-state index in [0.717, 1.165) is 28.0 Å². The maximum Gasteiger partial charge on any atom is 0.405 e. The fourth-order valence-electron chi connectivity index (χ4n) is 3.88. The molecule has 0 aliphatic carbocycles. The van der Waals surface area contributed by atoms with Gasteiger partial charge in [0, 0.05) is 47.5 Å². The van der Waals surface area contributed by atoms with Crippen molar-refractivity contribution in [3.8, 4) is 0 Å². The molecule has 1 amide bonds. The highest BCUT2D eigenvalue weighted by Gasteiger charge is 2.44. The summed E-state index contributed by atoms with van der Waals surface area (Å²) in [6, 6.07) is 3.82. The van der Waals surface area contributed by atoms with Crippen LogP contribution in [0.4, 0.5) is 13.2 Å². The number of nitrogens with one attached hydrogen (secondary N) is 2. The Morgan fingerprint density at radius 2 is 2.23 bits per heavy atom. The largest absolute Gasteiger partial charge is 0.405 e. The highest BCUT2D eigenvalue weighted by Crippen LogP contribution is 2.33. The number of carbonyl (C=O) groups is 1. The topological polar surface area (TPSA) is 73.4 Å². The average Bonchev–Trinajstić information content (AvgIpc) is 3.33. The summed E-state index contributed by atoms with van der Waals surface area (Å²) in [5.41, 5.74) is 2.20. The number of aliphatic imine (C=N–C) groups is 1. The van der Waals surface area contributed by atoms with Crippen molar-refractivity contribution in [2.45, 2.75) is 45.3 Å². The Bertz CT molecular complexity index is 1040. The van der Waals surface area contributed by atoms with Crippen molar-refractivity contribution >= 4 is 22.7 Å². The lowest BCUT2D eigenvalue weighted by molar-refractivity contribution is -0.144. The monoisotopic (exact) mass is 433 g/mol. The predicted octanol–water partition coefficient (Wildman–Crippen LogP) is 4.32. The van der Waals surface area contributed by atoms with E-state index in [1.165, 1.54) is 0 Å². The average molecular weight is 433 g/mol. The summed E-state index contributed by atoms with van der Waals surface area (Å²) in [6.07, 6.45) is 5.57. The fourth-order valence-corrected chi connectivity index (χ4v) is 3.88. The number of likely N-dealkylation sites (tertiary alicyclic amines) is 1. The highest BCUT2D eigenvalue weighted by atomic mass is 19.4. The van der Waals surface area contributed by atoms with Gasteiger partial charge in [-0.15, -0.1) is 0 Å². The van der Waals surface area contributed by atoms with E-state index in [0.29, 0.717) is 19.4 Å². The predicted molar refractivity (Wildman–Crippen MR) is 115 cm³/mol. The van der Waals surface area contributed by atoms with E-state index in [4.69, 9.17) is 0 Å². The maximum atomic E-state index is 12.6. The number of rotatable bonds is 6. The van der Waals surface area contributed by atoms with Crippen LogP contribution in [-0.4, -0.2) is 51.3 Å². The van der Waals surface area contributed by atoms with Crippen molar-refractivity contribution in [2.75, 3.05) is 13.1 Å². The van der Waals surface area contributed by atoms with Crippen LogP contribution in [0.2, 0.25) is 0 Å². The first kappa shape index (κ1) is 22.6. The zero-order valence-electron chi connectivity index (χ0n) is 17.8. The minimum atomic E-state index is -4.44. The number of amides is 1. The first-order valence-corrected chi connectivity index (χ1v) is 10.1. The van der Waals surface area contributed by atoms with Gasteiger partial charge in [-0.3, -0.25) is 9.79 Å². The van der Waals surface area contributed by atoms with Gasteiger partial charge in [0.1, 0.15) is 17.7 Å². The van der Waals surface area contributed by atoms with Crippen LogP contribution in [0.25, 0.3) is 11.0 Å². The van der Waals surface area contributed by atoms with Crippen LogP contribution < -0.4 is 5.32 Å². The van der Waals surface area contributed by atoms with E-state index in [9.17, 15) is 18.0 Å². The molecule has 1 aliphatic heterocycles. The number of aromatic nitrogens is 2. The number of halogens is 3. The molecule has 31 heavy (non-hydrogen) atoms. The van der Waals surface area contributed by atoms with Crippen LogP contribution in [0.15, 0.2) is 53.6 Å². The Kier molecular flexibility index (Phi) is 6.52. The normalized spacial score (nSPS) is 20.8. The number of fused-ring (bicyclic) bond motifs is 1. The van der Waals surface area contributed by atoms with Crippen molar-refractivity contribution in [3.63, 3.8) is 0 Å². The lowest BCUT2D eigenvalue weighted by Gasteiger charge is -2.36. The molecule has 6 nitrogen and oxygen atoms in total. The first-order chi connectivity index (χ1) is 14.7. The molecule has 0 radical (unpaired) electrons. The van der Waals surface area contributed by atoms with E-state index in [1.807, 2.05) is 48.5 Å². The van der Waals surface area contributed by atoms with Gasteiger partial charge in [0.2, 0.25) is 5.91 Å². The molecule has 3 heterocycles. The van der Waals surface area contributed by atoms with Gasteiger partial charge in [0.25, 0.3) is 0 Å². The van der Waals surface area contributed by atoms with E-state index in [1.54, 1.807) is 25.4 Å². The molecule has 9 heteroatoms. The van der Waals surface area contributed by atoms with Crippen molar-refractivity contribution in [2.24, 2.45) is 4.99 Å². The number of allylic oxidation sites excluding steroid dienone is 2. The second-order valence-electron chi connectivity index (χ2n) is 7.67. The molecule has 166 valence electrons. The molecule has 2 aromatic rings. The number of aromatic amines is 1. The Labute approximate surface area is 178 Å². The summed E-state index contributed by atoms with van der Waals surface area (Å²) in [6.45, 7) is 4.64. The molecule has 1 fully saturated rings. The molecular weight excluding hydrogens is 407 g/mol. The summed E-state index contributed by atoms with van der Waals surface area (Å²) < 4.78 is 37.6. The maximum absolute atomic E-state index is 12.6. The van der Waals surface area contributed by atoms with Gasteiger partial charge in [-0.1, -0.05) is 6.08 Å². The van der Waals surface area contributed by atoms with Crippen LogP contribution in [0.1, 0.15) is 39.2 Å². The van der Waals surface area contributed by atoms with Crippen LogP contribution in [0.3, 0.4) is 0 Å². The van der Waals surface area contributed by atoms with Gasteiger partial charge >= 0.3 is 6.18 Å². The summed E-state index contributed by atoms with van der Waals surface area (Å²) in [5, 5.41) is 3.00. The first-order valence-electron chi connectivity index (χ1n) is 10.1. The number of H-pyrrole nitrogens is 1. The summed E-state index contributed by atoms with van der Waals surface area (Å²) in [7, 11) is 0. The smallest absolute Gasteiger partial charge is 0.358 e. The molecule has 3 rings (SSSR count). The summed E-state index contributed by atoms with van der Waals surface area (Å²) in [4.78, 5) is 26.3. The van der Waals surface area contributed by atoms with Gasteiger partial charge < -0.3 is 15.2 Å². The molecule has 0 spiro atoms. The van der Waals surface area contributed by atoms with Crippen molar-refractivity contribution in [1.82, 2.24) is 20.2 Å². The van der Waals surface area contributed by atoms with Gasteiger partial charge in [-0.05, 0) is 51.8 Å². The second kappa shape index (κ2) is 8.95. The van der Waals surface area contributed by atoms with Crippen LogP contribution in [0.5, 0.6) is 0 Å². The van der Waals surface area contributed by atoms with Gasteiger partial charge in [-0.25, -0.2) is 4.98 Å². The minimum absolute atomic E-state index is 0.479. The zero-order valence-corrected chi connectivity index (χ0v) is 17.8. The quantitative estimate of drug-likeness (QED) is 0.526. The van der Waals surface area contributed by atoms with Gasteiger partial charge in [-0.2, -0.15) is 13.2 Å². The molecule has 2 aromatic heterocycles. The van der Waals surface area contributed by atoms with Gasteiger partial charge in [0.15, 0.2) is 0 Å². The lowest BCUT2D eigenvalue weighted by atomic mass is 9.97. The molecule has 0 saturated carbocycles. The number of hydrogen-bond donors (Lipinski definition) is 2. The number of carbonyl (C=O) groups excluding carboxylic acids is 1. The standard InChI is InChI=1S/C22H26F3N5O/c1-4-16(30-12-6-9-21(30,3)20(31)29-14-22(23,24)25)8-11-26-15(2)18-13-28-19-17(18)7-5-10-27-19/h4-5,7-8,10-11,13H,6,9,12,14H2,1-3H3,(H,27,28)(H,29,31)/b11-8-,16-4+,26-15+. The van der Waals surface area contributed by atoms with Crippen LogP contribution in [0, 0.1) is 0 Å². The Hall–Kier alpha value is -3.10. The Balaban J connectivity index is 1.76. The molecule has 0 aromatic carbocycles. The second-order valence-corrected chi connectivity index (χ2v) is 7.67. The highest BCUT2D eigenvalue weighted by molar-refractivity contribution is 6.09. The number of hydrogen-bond acceptors (Lipinski definition) is 4. The minimum Gasteiger partial charge on any atom is -0.358 e. The molecule has 1 unspecified atom stereocenters. The van der Waals surface area contributed by atoms with Gasteiger partial charge in [0.05, 0.1) is 0 Å². The third-order valence-corrected chi connectivity index (χ3v) is 5.54. The third-order valence-electron chi connectivity index (χ3n) is 5.54. The Morgan fingerprint density at radius 3 is 2.94 bits per heavy atom. The fraction of sp³-hybridized carbons (Fsp3) is 0.409. The molecule has 1 aliphatic rings. The number of alkyl halides is 3. The van der Waals surface area contributed by atoms with E-state index >= 15 is 0 Å². The molecular formula is C22H26F3N5O. The lowest BCUT2D eigenvalue weighted by Crippen LogP contribution is -2.54.